The van der Waals surface area contributed by atoms with E-state index in [0.717, 1.165) is 141 Å². The predicted molar refractivity (Wildman–Crippen MR) is 514 cm³/mol. The zero-order valence-corrected chi connectivity index (χ0v) is 80.4. The van der Waals surface area contributed by atoms with Crippen molar-refractivity contribution in [3.63, 3.8) is 0 Å². The Hall–Kier alpha value is -12.6. The van der Waals surface area contributed by atoms with Gasteiger partial charge in [0.2, 0.25) is 5.91 Å². The molecule has 0 bridgehead atoms. The molecule has 4 aliphatic rings. The summed E-state index contributed by atoms with van der Waals surface area (Å²) in [4.78, 5) is 147. The normalized spacial score (nSPS) is 15.5. The van der Waals surface area contributed by atoms with Crippen molar-refractivity contribution >= 4 is 162 Å². The lowest BCUT2D eigenvalue weighted by atomic mass is 10.0. The third kappa shape index (κ3) is 34.5. The predicted octanol–water partition coefficient (Wildman–Crippen LogP) is 16.0. The number of halogens is 3. The molecule has 14 heterocycles. The fraction of sp³-hybridized carbons (Fsp3) is 0.505. The van der Waals surface area contributed by atoms with Gasteiger partial charge in [0.25, 0.3) is 0 Å². The lowest BCUT2D eigenvalue weighted by Crippen LogP contribution is -2.47. The molecule has 4 saturated heterocycles. The van der Waals surface area contributed by atoms with Crippen LogP contribution in [-0.4, -0.2) is 256 Å². The summed E-state index contributed by atoms with van der Waals surface area (Å²) >= 11 is 12.1. The molecular weight excluding hydrogens is 1790 g/mol. The first-order valence-electron chi connectivity index (χ1n) is 44.8. The molecule has 10 aromatic heterocycles. The van der Waals surface area contributed by atoms with E-state index < -0.39 is 47.5 Å². The molecule has 0 radical (unpaired) electrons. The van der Waals surface area contributed by atoms with Crippen LogP contribution in [0.5, 0.6) is 0 Å². The van der Waals surface area contributed by atoms with Crippen molar-refractivity contribution in [2.75, 3.05) is 108 Å². The number of fused-ring (bicyclic) bond motifs is 5. The highest BCUT2D eigenvalue weighted by Gasteiger charge is 2.33. The number of H-pyrrole nitrogens is 5. The number of hydrogen-bond donors (Lipinski definition) is 12. The summed E-state index contributed by atoms with van der Waals surface area (Å²) in [5, 5.41) is 50.5. The standard InChI is InChI=1S/C21H30N4O4.C19H23N5O3.C16H22N4O2.C11H11ClN2O2.C10H9ClN2O2.C10H20N2O2.C3H3NO2.C3H8O.ClH/c1-5-11-28-19(26)16-12-23-18-15(8-9-22-18)17(16)24-14-7-6-10-25(13-14)20(27)29-21(2,3)4;1-2-10-27-19(26)15-11-22-18-14(6-8-21-18)17(15)23-13-4-3-9-24(12-13)16(25)5-7-20;1-2-8-22-16(21)13-10-19-15-12(5-7-18-15)14(13)20-11-4-3-6-17-9-11;1-2-5-16-11(15)8-6-14-10-7(9(8)12)3-4-13-10;1-2-15-10(14)7-5-13-9-6(8(7)11)3-4-12-9;1-10(2,3)14-9(13)12-6-4-5-8(11)7-12;4-2-1-3(5)6;1-2-3-4;/h8-9,12,14H,5-7,10-11,13H2,1-4H3,(H2,22,23,24);6,8,11,13H,2-5,9-10,12H2,1H3,(H2,21,22,23);5,7,10-11,17H,2-4,6,8-9H2,1H3,(H2,18,19,20);3-4,6H,2,5H2,1H3,(H,13,14);3-5H,2H2,1H3,(H,12,13);8H,4-7,11H2,1-3H3;1H2,(H,5,6);4H,2-3H2,1H3;1H/t14-;13-;11-;;;8-;;;/m111..1.../s1. The minimum Gasteiger partial charge on any atom is -0.480 e. The first-order valence-corrected chi connectivity index (χ1v) is 45.5. The second kappa shape index (κ2) is 56.4. The van der Waals surface area contributed by atoms with Crippen LogP contribution in [0.2, 0.25) is 10.0 Å². The van der Waals surface area contributed by atoms with E-state index >= 15 is 0 Å². The largest absolute Gasteiger partial charge is 0.480 e. The molecule has 4 atom stereocenters. The molecule has 0 aromatic carbocycles. The number of hydrogen-bond acceptors (Lipinski definition) is 29. The molecule has 0 spiro atoms. The monoisotopic (exact) mass is 1920 g/mol. The Labute approximate surface area is 795 Å². The molecule has 41 heteroatoms. The van der Waals surface area contributed by atoms with Crippen LogP contribution in [0.25, 0.3) is 55.2 Å². The number of aliphatic hydroxyl groups excluding tert-OH is 1. The molecule has 134 heavy (non-hydrogen) atoms. The molecular formula is C93H127Cl3N20O18. The molecule has 14 rings (SSSR count). The number of piperidine rings is 4. The van der Waals surface area contributed by atoms with E-state index in [2.05, 4.69) is 71.1 Å². The summed E-state index contributed by atoms with van der Waals surface area (Å²) in [6.07, 6.45) is 26.9. The molecule has 0 saturated carbocycles. The number of likely N-dealkylation sites (tertiary alicyclic amines) is 3. The van der Waals surface area contributed by atoms with E-state index in [-0.39, 0.29) is 61.0 Å². The Morgan fingerprint density at radius 2 is 0.784 bits per heavy atom. The number of nitriles is 2. The number of carbonyl (C=O) groups is 9. The van der Waals surface area contributed by atoms with E-state index in [1.165, 1.54) is 30.9 Å². The fourth-order valence-electron chi connectivity index (χ4n) is 13.7. The minimum absolute atomic E-state index is 0. The van der Waals surface area contributed by atoms with Crippen molar-refractivity contribution in [2.24, 2.45) is 5.73 Å². The number of carboxylic acid groups (broad SMARTS) is 1. The summed E-state index contributed by atoms with van der Waals surface area (Å²) in [7, 11) is 0. The molecule has 0 unspecified atom stereocenters. The van der Waals surface area contributed by atoms with Gasteiger partial charge in [-0.15, -0.1) is 12.4 Å². The average Bonchev–Trinajstić information content (AvgIpc) is 1.58. The Bertz CT molecular complexity index is 5530. The number of esters is 5. The quantitative estimate of drug-likeness (QED) is 0.0209. The van der Waals surface area contributed by atoms with Gasteiger partial charge in [-0.25, -0.2) is 58.5 Å². The molecule has 4 aliphatic heterocycles. The van der Waals surface area contributed by atoms with Gasteiger partial charge in [0.15, 0.2) is 0 Å². The number of anilines is 3. The second-order valence-corrected chi connectivity index (χ2v) is 33.9. The van der Waals surface area contributed by atoms with Gasteiger partial charge in [0, 0.05) is 165 Å². The van der Waals surface area contributed by atoms with Gasteiger partial charge in [-0.3, -0.25) is 9.59 Å². The molecule has 0 aliphatic carbocycles. The number of nitrogens with one attached hydrogen (secondary N) is 9. The highest BCUT2D eigenvalue weighted by atomic mass is 35.5. The number of aromatic amines is 5. The van der Waals surface area contributed by atoms with Crippen LogP contribution in [0.3, 0.4) is 0 Å². The number of aliphatic carboxylic acids is 1. The van der Waals surface area contributed by atoms with Crippen molar-refractivity contribution in [1.29, 1.82) is 10.5 Å². The lowest BCUT2D eigenvalue weighted by Gasteiger charge is -2.35. The van der Waals surface area contributed by atoms with Gasteiger partial charge in [0.1, 0.15) is 69.0 Å². The van der Waals surface area contributed by atoms with E-state index in [1.807, 2.05) is 107 Å². The van der Waals surface area contributed by atoms with Crippen molar-refractivity contribution < 1.29 is 86.5 Å². The van der Waals surface area contributed by atoms with Crippen LogP contribution in [-0.2, 0) is 42.7 Å². The van der Waals surface area contributed by atoms with Gasteiger partial charge >= 0.3 is 48.0 Å². The number of aromatic nitrogens is 10. The Morgan fingerprint density at radius 1 is 0.463 bits per heavy atom. The molecule has 10 aromatic rings. The Morgan fingerprint density at radius 3 is 1.11 bits per heavy atom. The third-order valence-corrected chi connectivity index (χ3v) is 20.7. The first kappa shape index (κ1) is 110. The molecule has 3 amide bonds. The Kier molecular flexibility index (Phi) is 46.4. The first-order chi connectivity index (χ1) is 63.7. The summed E-state index contributed by atoms with van der Waals surface area (Å²) in [5.41, 5.74) is 12.4. The number of amides is 3. The summed E-state index contributed by atoms with van der Waals surface area (Å²) < 4.78 is 36.6. The number of aliphatic hydroxyl groups is 1. The number of carboxylic acids is 1. The number of nitrogens with zero attached hydrogens (tertiary/aromatic N) is 10. The van der Waals surface area contributed by atoms with Gasteiger partial charge in [-0.2, -0.15) is 10.5 Å². The molecule has 13 N–H and O–H groups in total. The van der Waals surface area contributed by atoms with Crippen molar-refractivity contribution in [2.45, 2.75) is 215 Å². The SMILES string of the molecule is CC(C)(C)OC(=O)N1CCC[C@@H](N)C1.CCCO.CCCOC(=O)c1cnc2[nH]ccc2c1Cl.CCCOC(=O)c1cnc2[nH]ccc2c1N[C@@H]1CCCN(C(=O)CC#N)C1.CCCOC(=O)c1cnc2[nH]ccc2c1N[C@@H]1CCCN(C(=O)OC(C)(C)C)C1.CCCOC(=O)c1cnc2[nH]ccc2c1N[C@@H]1CCCNC1.CCOC(=O)c1cnc2[nH]ccc2c1Cl.Cl.N#CCC(=O)O. The van der Waals surface area contributed by atoms with E-state index in [9.17, 15) is 43.2 Å². The fourth-order valence-corrected chi connectivity index (χ4v) is 14.3. The summed E-state index contributed by atoms with van der Waals surface area (Å²) in [6.45, 7) is 30.5. The number of nitrogens with two attached hydrogens (primary N) is 1. The van der Waals surface area contributed by atoms with E-state index in [1.54, 1.807) is 64.7 Å². The van der Waals surface area contributed by atoms with Crippen LogP contribution < -0.4 is 27.0 Å². The van der Waals surface area contributed by atoms with Gasteiger partial charge in [0.05, 0.1) is 83.4 Å². The number of carbonyl (C=O) groups excluding carboxylic acids is 8. The number of ether oxygens (including phenoxy) is 7. The van der Waals surface area contributed by atoms with Crippen LogP contribution in [0.4, 0.5) is 26.7 Å². The van der Waals surface area contributed by atoms with Gasteiger partial charge < -0.3 is 110 Å². The lowest BCUT2D eigenvalue weighted by molar-refractivity contribution is -0.136. The maximum Gasteiger partial charge on any atom is 0.410 e. The second-order valence-electron chi connectivity index (χ2n) is 33.1. The van der Waals surface area contributed by atoms with Crippen molar-refractivity contribution in [1.82, 2.24) is 69.9 Å². The smallest absolute Gasteiger partial charge is 0.410 e. The third-order valence-electron chi connectivity index (χ3n) is 19.9. The highest BCUT2D eigenvalue weighted by molar-refractivity contribution is 6.38. The van der Waals surface area contributed by atoms with Crippen LogP contribution >= 0.6 is 35.6 Å². The van der Waals surface area contributed by atoms with Crippen molar-refractivity contribution in [3.05, 3.63) is 130 Å². The number of rotatable bonds is 23. The van der Waals surface area contributed by atoms with Crippen LogP contribution in [0.15, 0.2) is 92.3 Å². The number of pyridine rings is 5. The van der Waals surface area contributed by atoms with Gasteiger partial charge in [-0.1, -0.05) is 57.8 Å². The average molecular weight is 1920 g/mol. The van der Waals surface area contributed by atoms with Crippen molar-refractivity contribution in [3.8, 4) is 12.1 Å². The minimum atomic E-state index is -1.07. The maximum atomic E-state index is 12.6. The topological polar surface area (TPSA) is 534 Å². The maximum absolute atomic E-state index is 12.6. The highest BCUT2D eigenvalue weighted by Crippen LogP contribution is 2.34. The van der Waals surface area contributed by atoms with E-state index in [0.29, 0.717) is 150 Å². The summed E-state index contributed by atoms with van der Waals surface area (Å²) in [6, 6.07) is 13.0. The molecule has 38 nitrogen and oxygen atoms in total. The van der Waals surface area contributed by atoms with Crippen LogP contribution in [0.1, 0.15) is 231 Å². The summed E-state index contributed by atoms with van der Waals surface area (Å²) in [5.74, 6) is -3.23. The van der Waals surface area contributed by atoms with Crippen LogP contribution in [0, 0.1) is 22.7 Å². The molecule has 4 fully saturated rings. The van der Waals surface area contributed by atoms with E-state index in [4.69, 9.17) is 82.8 Å². The van der Waals surface area contributed by atoms with Gasteiger partial charge in [-0.05, 0) is 169 Å². The zero-order valence-electron chi connectivity index (χ0n) is 78.1. The zero-order chi connectivity index (χ0) is 97.2. The Balaban J connectivity index is 0.000000246. The molecule has 728 valence electrons.